The van der Waals surface area contributed by atoms with Crippen molar-refractivity contribution in [2.75, 3.05) is 11.4 Å². The van der Waals surface area contributed by atoms with Gasteiger partial charge in [0.25, 0.3) is 11.8 Å². The quantitative estimate of drug-likeness (QED) is 0.635. The van der Waals surface area contributed by atoms with Crippen LogP contribution in [0.5, 0.6) is 0 Å². The van der Waals surface area contributed by atoms with Gasteiger partial charge in [0.05, 0.1) is 0 Å². The Morgan fingerprint density at radius 3 is 2.40 bits per heavy atom. The van der Waals surface area contributed by atoms with Crippen molar-refractivity contribution in [3.05, 3.63) is 99.6 Å². The monoisotopic (exact) mass is 418 g/mol. The van der Waals surface area contributed by atoms with Crippen molar-refractivity contribution in [2.45, 2.75) is 26.3 Å². The maximum atomic E-state index is 13.0. The van der Waals surface area contributed by atoms with E-state index in [1.165, 1.54) is 0 Å². The number of carbonyl (C=O) groups is 2. The van der Waals surface area contributed by atoms with Gasteiger partial charge in [0.15, 0.2) is 0 Å². The minimum atomic E-state index is -0.130. The van der Waals surface area contributed by atoms with Crippen LogP contribution in [0.25, 0.3) is 0 Å². The molecule has 0 unspecified atom stereocenters. The van der Waals surface area contributed by atoms with E-state index in [1.807, 2.05) is 72.5 Å². The third kappa shape index (κ3) is 4.39. The zero-order chi connectivity index (χ0) is 21.1. The molecule has 0 aliphatic carbocycles. The zero-order valence-corrected chi connectivity index (χ0v) is 17.6. The first-order chi connectivity index (χ1) is 14.5. The molecule has 0 aromatic heterocycles. The van der Waals surface area contributed by atoms with Gasteiger partial charge < -0.3 is 10.2 Å². The van der Waals surface area contributed by atoms with Crippen molar-refractivity contribution in [3.8, 4) is 0 Å². The highest BCUT2D eigenvalue weighted by Gasteiger charge is 2.24. The summed E-state index contributed by atoms with van der Waals surface area (Å²) in [5.74, 6) is -0.134. The van der Waals surface area contributed by atoms with Gasteiger partial charge >= 0.3 is 0 Å². The zero-order valence-electron chi connectivity index (χ0n) is 16.8. The maximum Gasteiger partial charge on any atom is 0.258 e. The number of halogens is 1. The Hall–Kier alpha value is -3.11. The average Bonchev–Trinajstić information content (AvgIpc) is 2.77. The van der Waals surface area contributed by atoms with E-state index in [0.717, 1.165) is 35.2 Å². The van der Waals surface area contributed by atoms with Crippen LogP contribution in [0, 0.1) is 6.92 Å². The highest BCUT2D eigenvalue weighted by atomic mass is 35.5. The minimum Gasteiger partial charge on any atom is -0.348 e. The molecule has 1 heterocycles. The molecule has 30 heavy (non-hydrogen) atoms. The van der Waals surface area contributed by atoms with Gasteiger partial charge in [0.1, 0.15) is 0 Å². The number of aryl methyl sites for hydroxylation is 2. The molecular weight excluding hydrogens is 396 g/mol. The van der Waals surface area contributed by atoms with E-state index < -0.39 is 0 Å². The molecule has 0 radical (unpaired) electrons. The van der Waals surface area contributed by atoms with E-state index >= 15 is 0 Å². The van der Waals surface area contributed by atoms with Gasteiger partial charge in [-0.15, -0.1) is 0 Å². The number of nitrogens with one attached hydrogen (secondary N) is 1. The molecule has 2 amide bonds. The molecule has 0 fully saturated rings. The minimum absolute atomic E-state index is 0.00381. The second kappa shape index (κ2) is 8.72. The summed E-state index contributed by atoms with van der Waals surface area (Å²) in [5, 5.41) is 3.61. The van der Waals surface area contributed by atoms with Gasteiger partial charge in [-0.2, -0.15) is 0 Å². The summed E-state index contributed by atoms with van der Waals surface area (Å²) >= 11 is 5.90. The molecule has 1 aliphatic heterocycles. The molecule has 0 spiro atoms. The smallest absolute Gasteiger partial charge is 0.258 e. The van der Waals surface area contributed by atoms with E-state index in [4.69, 9.17) is 11.6 Å². The molecule has 5 heteroatoms. The molecule has 4 nitrogen and oxygen atoms in total. The molecule has 0 atom stereocenters. The SMILES string of the molecule is Cc1ccc(C(=O)N2CCCc3cc(C(=O)NCc4ccc(Cl)cc4)ccc32)cc1. The fraction of sp³-hybridized carbons (Fsp3) is 0.200. The highest BCUT2D eigenvalue weighted by molar-refractivity contribution is 6.30. The van der Waals surface area contributed by atoms with Crippen LogP contribution in [0.2, 0.25) is 5.02 Å². The lowest BCUT2D eigenvalue weighted by molar-refractivity contribution is 0.0950. The number of hydrogen-bond acceptors (Lipinski definition) is 2. The van der Waals surface area contributed by atoms with Crippen LogP contribution >= 0.6 is 11.6 Å². The lowest BCUT2D eigenvalue weighted by Crippen LogP contribution is -2.35. The van der Waals surface area contributed by atoms with Crippen LogP contribution in [0.3, 0.4) is 0 Å². The largest absolute Gasteiger partial charge is 0.348 e. The van der Waals surface area contributed by atoms with Gasteiger partial charge in [-0.1, -0.05) is 41.4 Å². The highest BCUT2D eigenvalue weighted by Crippen LogP contribution is 2.29. The van der Waals surface area contributed by atoms with Crippen LogP contribution in [0.4, 0.5) is 5.69 Å². The first kappa shape index (κ1) is 20.2. The second-order valence-corrected chi connectivity index (χ2v) is 8.02. The number of carbonyl (C=O) groups excluding carboxylic acids is 2. The summed E-state index contributed by atoms with van der Waals surface area (Å²) in [7, 11) is 0. The van der Waals surface area contributed by atoms with Crippen LogP contribution in [-0.2, 0) is 13.0 Å². The van der Waals surface area contributed by atoms with E-state index in [9.17, 15) is 9.59 Å². The molecule has 1 N–H and O–H groups in total. The third-order valence-electron chi connectivity index (χ3n) is 5.37. The van der Waals surface area contributed by atoms with E-state index in [2.05, 4.69) is 5.32 Å². The van der Waals surface area contributed by atoms with Crippen LogP contribution in [-0.4, -0.2) is 18.4 Å². The summed E-state index contributed by atoms with van der Waals surface area (Å²) in [5.41, 5.74) is 5.31. The first-order valence-corrected chi connectivity index (χ1v) is 10.4. The number of benzene rings is 3. The molecular formula is C25H23ClN2O2. The van der Waals surface area contributed by atoms with Gasteiger partial charge in [0, 0.05) is 34.9 Å². The lowest BCUT2D eigenvalue weighted by Gasteiger charge is -2.30. The van der Waals surface area contributed by atoms with Crippen molar-refractivity contribution in [3.63, 3.8) is 0 Å². The van der Waals surface area contributed by atoms with E-state index in [1.54, 1.807) is 6.07 Å². The third-order valence-corrected chi connectivity index (χ3v) is 5.62. The topological polar surface area (TPSA) is 49.4 Å². The fourth-order valence-corrected chi connectivity index (χ4v) is 3.81. The van der Waals surface area contributed by atoms with Crippen molar-refractivity contribution in [1.29, 1.82) is 0 Å². The molecule has 0 saturated heterocycles. The Balaban J connectivity index is 1.49. The Morgan fingerprint density at radius 1 is 0.967 bits per heavy atom. The number of anilines is 1. The van der Waals surface area contributed by atoms with Gasteiger partial charge in [-0.3, -0.25) is 9.59 Å². The van der Waals surface area contributed by atoms with E-state index in [-0.39, 0.29) is 11.8 Å². The normalized spacial score (nSPS) is 12.9. The summed E-state index contributed by atoms with van der Waals surface area (Å²) in [6.07, 6.45) is 1.73. The summed E-state index contributed by atoms with van der Waals surface area (Å²) in [6.45, 7) is 3.12. The standard InChI is InChI=1S/C25H23ClN2O2/c1-17-4-8-19(9-5-17)25(30)28-14-2-3-20-15-21(10-13-23(20)28)24(29)27-16-18-6-11-22(26)12-7-18/h4-13,15H,2-3,14,16H2,1H3,(H,27,29). The first-order valence-electron chi connectivity index (χ1n) is 10.1. The number of rotatable bonds is 4. The summed E-state index contributed by atoms with van der Waals surface area (Å²) in [6, 6.07) is 20.6. The molecule has 4 rings (SSSR count). The fourth-order valence-electron chi connectivity index (χ4n) is 3.69. The van der Waals surface area contributed by atoms with Crippen molar-refractivity contribution in [1.82, 2.24) is 5.32 Å². The summed E-state index contributed by atoms with van der Waals surface area (Å²) < 4.78 is 0. The molecule has 0 saturated carbocycles. The molecule has 3 aromatic carbocycles. The Kier molecular flexibility index (Phi) is 5.86. The Bertz CT molecular complexity index is 1080. The van der Waals surface area contributed by atoms with E-state index in [0.29, 0.717) is 29.2 Å². The molecule has 1 aliphatic rings. The Labute approximate surface area is 181 Å². The van der Waals surface area contributed by atoms with Crippen LogP contribution in [0.1, 0.15) is 43.8 Å². The lowest BCUT2D eigenvalue weighted by atomic mass is 9.98. The van der Waals surface area contributed by atoms with Crippen molar-refractivity contribution < 1.29 is 9.59 Å². The number of hydrogen-bond donors (Lipinski definition) is 1. The molecule has 152 valence electrons. The van der Waals surface area contributed by atoms with Gasteiger partial charge in [-0.05, 0) is 73.4 Å². The number of fused-ring (bicyclic) bond motifs is 1. The number of amides is 2. The average molecular weight is 419 g/mol. The van der Waals surface area contributed by atoms with Crippen molar-refractivity contribution in [2.24, 2.45) is 0 Å². The predicted molar refractivity (Wildman–Crippen MR) is 120 cm³/mol. The number of nitrogens with zero attached hydrogens (tertiary/aromatic N) is 1. The second-order valence-electron chi connectivity index (χ2n) is 7.58. The van der Waals surface area contributed by atoms with Crippen LogP contribution < -0.4 is 10.2 Å². The molecule has 0 bridgehead atoms. The maximum absolute atomic E-state index is 13.0. The summed E-state index contributed by atoms with van der Waals surface area (Å²) in [4.78, 5) is 27.5. The molecule has 3 aromatic rings. The van der Waals surface area contributed by atoms with Gasteiger partial charge in [-0.25, -0.2) is 0 Å². The van der Waals surface area contributed by atoms with Crippen molar-refractivity contribution >= 4 is 29.1 Å². The predicted octanol–water partition coefficient (Wildman–Crippen LogP) is 5.17. The van der Waals surface area contributed by atoms with Gasteiger partial charge in [0.2, 0.25) is 0 Å². The Morgan fingerprint density at radius 2 is 1.67 bits per heavy atom. The van der Waals surface area contributed by atoms with Crippen LogP contribution in [0.15, 0.2) is 66.7 Å².